The zero-order valence-electron chi connectivity index (χ0n) is 16.4. The van der Waals surface area contributed by atoms with Gasteiger partial charge in [0.15, 0.2) is 0 Å². The van der Waals surface area contributed by atoms with Crippen LogP contribution in [0, 0.1) is 6.92 Å². The normalized spacial score (nSPS) is 15.2. The zero-order valence-corrected chi connectivity index (χ0v) is 18.0. The fraction of sp³-hybridized carbons (Fsp3) is 0.304. The van der Waals surface area contributed by atoms with Gasteiger partial charge in [0, 0.05) is 28.8 Å². The lowest BCUT2D eigenvalue weighted by atomic mass is 10.1. The molecule has 0 spiro atoms. The van der Waals surface area contributed by atoms with Crippen LogP contribution in [-0.4, -0.2) is 17.6 Å². The van der Waals surface area contributed by atoms with Crippen molar-refractivity contribution >= 4 is 28.9 Å². The first-order valence-electron chi connectivity index (χ1n) is 9.64. The average molecular weight is 428 g/mol. The van der Waals surface area contributed by atoms with Gasteiger partial charge in [-0.15, -0.1) is 11.3 Å². The molecule has 1 aromatic heterocycles. The lowest BCUT2D eigenvalue weighted by molar-refractivity contribution is -0.146. The van der Waals surface area contributed by atoms with E-state index in [0.717, 1.165) is 51.9 Å². The van der Waals surface area contributed by atoms with Crippen molar-refractivity contribution < 1.29 is 14.3 Å². The first kappa shape index (κ1) is 19.9. The first-order chi connectivity index (χ1) is 14.0. The number of fused-ring (bicyclic) bond motifs is 1. The molecule has 1 atom stereocenters. The van der Waals surface area contributed by atoms with Gasteiger partial charge < -0.3 is 9.47 Å². The smallest absolute Gasteiger partial charge is 0.303 e. The average Bonchev–Trinajstić information content (AvgIpc) is 3.25. The van der Waals surface area contributed by atoms with Gasteiger partial charge in [0.1, 0.15) is 16.9 Å². The molecule has 29 heavy (non-hydrogen) atoms. The molecule has 0 aliphatic heterocycles. The maximum absolute atomic E-state index is 11.2. The summed E-state index contributed by atoms with van der Waals surface area (Å²) in [5.74, 6) is 0.609. The van der Waals surface area contributed by atoms with E-state index in [2.05, 4.69) is 13.0 Å². The third kappa shape index (κ3) is 4.62. The Morgan fingerprint density at radius 2 is 2.03 bits per heavy atom. The Labute approximate surface area is 179 Å². The largest absolute Gasteiger partial charge is 0.493 e. The summed E-state index contributed by atoms with van der Waals surface area (Å²) in [6.45, 7) is 4.11. The van der Waals surface area contributed by atoms with Crippen LogP contribution in [0.2, 0.25) is 5.02 Å². The van der Waals surface area contributed by atoms with E-state index in [1.54, 1.807) is 11.3 Å². The number of nitrogens with zero attached hydrogens (tertiary/aromatic N) is 1. The maximum Gasteiger partial charge on any atom is 0.303 e. The molecular formula is C23H22ClNO3S. The number of aromatic nitrogens is 1. The standard InChI is InChI=1S/C23H22ClNO3S/c1-14-21(25-23(29-14)16-3-6-18(24)7-4-16)11-12-27-19-8-9-20-17(13-19)5-10-22(20)28-15(2)26/h3-4,6-9,13,22H,5,10-12H2,1-2H3. The predicted molar refractivity (Wildman–Crippen MR) is 116 cm³/mol. The summed E-state index contributed by atoms with van der Waals surface area (Å²) >= 11 is 7.66. The van der Waals surface area contributed by atoms with Gasteiger partial charge in [0.05, 0.1) is 12.3 Å². The van der Waals surface area contributed by atoms with Crippen molar-refractivity contribution in [2.45, 2.75) is 39.2 Å². The number of thiazole rings is 1. The lowest BCUT2D eigenvalue weighted by Gasteiger charge is -2.12. The molecule has 0 radical (unpaired) electrons. The molecule has 1 unspecified atom stereocenters. The summed E-state index contributed by atoms with van der Waals surface area (Å²) in [4.78, 5) is 17.2. The van der Waals surface area contributed by atoms with E-state index in [4.69, 9.17) is 26.1 Å². The fourth-order valence-electron chi connectivity index (χ4n) is 3.61. The molecule has 0 amide bonds. The molecule has 2 aromatic carbocycles. The lowest BCUT2D eigenvalue weighted by Crippen LogP contribution is -2.05. The van der Waals surface area contributed by atoms with E-state index in [1.807, 2.05) is 36.4 Å². The van der Waals surface area contributed by atoms with Gasteiger partial charge >= 0.3 is 5.97 Å². The molecule has 0 saturated heterocycles. The second-order valence-electron chi connectivity index (χ2n) is 7.12. The highest BCUT2D eigenvalue weighted by molar-refractivity contribution is 7.15. The minimum absolute atomic E-state index is 0.125. The Hall–Kier alpha value is -2.37. The van der Waals surface area contributed by atoms with Gasteiger partial charge in [-0.2, -0.15) is 0 Å². The van der Waals surface area contributed by atoms with Gasteiger partial charge in [0.25, 0.3) is 0 Å². The molecule has 150 valence electrons. The second kappa shape index (κ2) is 8.56. The van der Waals surface area contributed by atoms with E-state index in [-0.39, 0.29) is 12.1 Å². The van der Waals surface area contributed by atoms with Crippen LogP contribution >= 0.6 is 22.9 Å². The van der Waals surface area contributed by atoms with Crippen molar-refractivity contribution in [3.8, 4) is 16.3 Å². The summed E-state index contributed by atoms with van der Waals surface area (Å²) in [5.41, 5.74) is 4.44. The molecule has 1 aliphatic carbocycles. The van der Waals surface area contributed by atoms with Crippen LogP contribution < -0.4 is 4.74 Å². The highest BCUT2D eigenvalue weighted by atomic mass is 35.5. The Balaban J connectivity index is 1.37. The number of halogens is 1. The molecule has 0 bridgehead atoms. The number of carbonyl (C=O) groups is 1. The number of aryl methyl sites for hydroxylation is 2. The van der Waals surface area contributed by atoms with Crippen LogP contribution in [0.15, 0.2) is 42.5 Å². The van der Waals surface area contributed by atoms with Crippen LogP contribution in [0.25, 0.3) is 10.6 Å². The van der Waals surface area contributed by atoms with Gasteiger partial charge in [0.2, 0.25) is 0 Å². The van der Waals surface area contributed by atoms with Crippen LogP contribution in [0.3, 0.4) is 0 Å². The molecular weight excluding hydrogens is 406 g/mol. The molecule has 0 saturated carbocycles. The fourth-order valence-corrected chi connectivity index (χ4v) is 4.70. The molecule has 0 fully saturated rings. The minimum atomic E-state index is -0.236. The molecule has 3 aromatic rings. The Kier molecular flexibility index (Phi) is 5.88. The van der Waals surface area contributed by atoms with Gasteiger partial charge in [-0.1, -0.05) is 29.8 Å². The highest BCUT2D eigenvalue weighted by Gasteiger charge is 2.25. The predicted octanol–water partition coefficient (Wildman–Crippen LogP) is 5.94. The SMILES string of the molecule is CC(=O)OC1CCc2cc(OCCc3nc(-c4ccc(Cl)cc4)sc3C)ccc21. The number of hydrogen-bond acceptors (Lipinski definition) is 5. The molecule has 4 nitrogen and oxygen atoms in total. The van der Waals surface area contributed by atoms with Crippen LogP contribution in [0.1, 0.15) is 41.1 Å². The Bertz CT molecular complexity index is 1030. The second-order valence-corrected chi connectivity index (χ2v) is 8.76. The Morgan fingerprint density at radius 3 is 2.79 bits per heavy atom. The molecule has 1 aliphatic rings. The molecule has 4 rings (SSSR count). The van der Waals surface area contributed by atoms with E-state index in [0.29, 0.717) is 6.61 Å². The van der Waals surface area contributed by atoms with Crippen molar-refractivity contribution in [2.24, 2.45) is 0 Å². The maximum atomic E-state index is 11.2. The third-order valence-corrected chi connectivity index (χ3v) is 6.35. The zero-order chi connectivity index (χ0) is 20.4. The van der Waals surface area contributed by atoms with Crippen molar-refractivity contribution in [2.75, 3.05) is 6.61 Å². The quantitative estimate of drug-likeness (QED) is 0.456. The van der Waals surface area contributed by atoms with Crippen molar-refractivity contribution in [1.82, 2.24) is 4.98 Å². The molecule has 6 heteroatoms. The first-order valence-corrected chi connectivity index (χ1v) is 10.8. The minimum Gasteiger partial charge on any atom is -0.493 e. The van der Waals surface area contributed by atoms with E-state index in [9.17, 15) is 4.79 Å². The third-order valence-electron chi connectivity index (χ3n) is 5.04. The van der Waals surface area contributed by atoms with Crippen LogP contribution in [-0.2, 0) is 22.4 Å². The van der Waals surface area contributed by atoms with Crippen molar-refractivity contribution in [3.63, 3.8) is 0 Å². The van der Waals surface area contributed by atoms with Crippen molar-refractivity contribution in [3.05, 3.63) is 69.2 Å². The van der Waals surface area contributed by atoms with E-state index >= 15 is 0 Å². The summed E-state index contributed by atoms with van der Waals surface area (Å²) in [6.07, 6.45) is 2.37. The van der Waals surface area contributed by atoms with Gasteiger partial charge in [-0.3, -0.25) is 4.79 Å². The Morgan fingerprint density at radius 1 is 1.24 bits per heavy atom. The van der Waals surface area contributed by atoms with Crippen LogP contribution in [0.5, 0.6) is 5.75 Å². The van der Waals surface area contributed by atoms with E-state index < -0.39 is 0 Å². The van der Waals surface area contributed by atoms with Crippen LogP contribution in [0.4, 0.5) is 0 Å². The number of ether oxygens (including phenoxy) is 2. The van der Waals surface area contributed by atoms with Gasteiger partial charge in [-0.05, 0) is 55.2 Å². The highest BCUT2D eigenvalue weighted by Crippen LogP contribution is 2.36. The monoisotopic (exact) mass is 427 g/mol. The number of carbonyl (C=O) groups excluding carboxylic acids is 1. The van der Waals surface area contributed by atoms with Crippen molar-refractivity contribution in [1.29, 1.82) is 0 Å². The van der Waals surface area contributed by atoms with Gasteiger partial charge in [-0.25, -0.2) is 4.98 Å². The number of benzene rings is 2. The number of hydrogen-bond donors (Lipinski definition) is 0. The summed E-state index contributed by atoms with van der Waals surface area (Å²) in [5, 5.41) is 1.73. The number of rotatable bonds is 6. The topological polar surface area (TPSA) is 48.4 Å². The summed E-state index contributed by atoms with van der Waals surface area (Å²) < 4.78 is 11.4. The molecule has 0 N–H and O–H groups in total. The summed E-state index contributed by atoms with van der Waals surface area (Å²) in [7, 11) is 0. The molecule has 1 heterocycles. The van der Waals surface area contributed by atoms with E-state index in [1.165, 1.54) is 17.4 Å². The summed E-state index contributed by atoms with van der Waals surface area (Å²) in [6, 6.07) is 13.8. The number of esters is 1.